The van der Waals surface area contributed by atoms with Crippen molar-refractivity contribution < 1.29 is 14.4 Å². The molecule has 0 bridgehead atoms. The molecule has 1 fully saturated rings. The maximum Gasteiger partial charge on any atom is 0.246 e. The Kier molecular flexibility index (Phi) is 12.3. The minimum Gasteiger partial charge on any atom is -0.348 e. The van der Waals surface area contributed by atoms with Gasteiger partial charge in [0.1, 0.15) is 6.04 Å². The number of hydrogen-bond donors (Lipinski definition) is 2. The van der Waals surface area contributed by atoms with Gasteiger partial charge in [-0.1, -0.05) is 63.9 Å². The van der Waals surface area contributed by atoms with E-state index in [4.69, 9.17) is 11.6 Å². The summed E-state index contributed by atoms with van der Waals surface area (Å²) in [5.74, 6) is -0.438. The summed E-state index contributed by atoms with van der Waals surface area (Å²) in [6.07, 6.45) is 4.75. The molecule has 0 radical (unpaired) electrons. The van der Waals surface area contributed by atoms with Gasteiger partial charge >= 0.3 is 0 Å². The van der Waals surface area contributed by atoms with Gasteiger partial charge in [-0.25, -0.2) is 0 Å². The highest BCUT2D eigenvalue weighted by molar-refractivity contribution is 6.30. The lowest BCUT2D eigenvalue weighted by molar-refractivity contribution is -0.140. The number of likely N-dealkylation sites (tertiary alicyclic amines) is 1. The molecular formula is C30H47ClN4O3. The van der Waals surface area contributed by atoms with E-state index in [0.717, 1.165) is 31.4 Å². The predicted octanol–water partition coefficient (Wildman–Crippen LogP) is 4.79. The Labute approximate surface area is 234 Å². The van der Waals surface area contributed by atoms with Crippen molar-refractivity contribution in [2.45, 2.75) is 98.4 Å². The average molecular weight is 547 g/mol. The van der Waals surface area contributed by atoms with Gasteiger partial charge in [0.25, 0.3) is 0 Å². The Hall–Kier alpha value is -2.38. The number of nitrogens with zero attached hydrogens (tertiary/aromatic N) is 2. The molecule has 38 heavy (non-hydrogen) atoms. The molecule has 1 heterocycles. The maximum atomic E-state index is 13.7. The third-order valence-electron chi connectivity index (χ3n) is 7.34. The Morgan fingerprint density at radius 3 is 2.37 bits per heavy atom. The van der Waals surface area contributed by atoms with Gasteiger partial charge in [-0.3, -0.25) is 19.3 Å². The van der Waals surface area contributed by atoms with E-state index in [2.05, 4.69) is 29.4 Å². The predicted molar refractivity (Wildman–Crippen MR) is 155 cm³/mol. The summed E-state index contributed by atoms with van der Waals surface area (Å²) < 4.78 is 0. The lowest BCUT2D eigenvalue weighted by atomic mass is 9.95. The number of benzene rings is 1. The molecule has 1 aliphatic rings. The first-order valence-corrected chi connectivity index (χ1v) is 14.2. The van der Waals surface area contributed by atoms with E-state index >= 15 is 0 Å². The van der Waals surface area contributed by atoms with E-state index in [1.807, 2.05) is 52.0 Å². The molecule has 8 heteroatoms. The Morgan fingerprint density at radius 1 is 1.11 bits per heavy atom. The molecule has 2 N–H and O–H groups in total. The minimum absolute atomic E-state index is 0.0675. The third-order valence-corrected chi connectivity index (χ3v) is 7.57. The summed E-state index contributed by atoms with van der Waals surface area (Å²) in [7, 11) is 1.75. The lowest BCUT2D eigenvalue weighted by Gasteiger charge is -2.39. The number of nitrogens with one attached hydrogen (secondary N) is 2. The normalized spacial score (nSPS) is 18.4. The molecule has 0 aromatic heterocycles. The number of amides is 3. The summed E-state index contributed by atoms with van der Waals surface area (Å²) >= 11 is 6.04. The number of carbonyl (C=O) groups is 3. The molecule has 1 saturated heterocycles. The Morgan fingerprint density at radius 2 is 1.79 bits per heavy atom. The zero-order valence-electron chi connectivity index (χ0n) is 24.4. The molecule has 1 aromatic carbocycles. The highest BCUT2D eigenvalue weighted by Crippen LogP contribution is 2.21. The standard InChI is InChI=1S/C30H47ClN4O3/c1-19(2)26(16-22(7)28(36)32-18-23-12-11-13-24(31)17-23)34(8)30(38)27(20(3)4)33-29(37)25-14-9-10-15-35(25)21(5)6/h11-13,16-17,19-21,25-27H,9-10,14-15,18H2,1-8H3,(H,32,36)(H,33,37)/t25-,26-,27+/m1/s1. The van der Waals surface area contributed by atoms with Crippen molar-refractivity contribution in [3.63, 3.8) is 0 Å². The van der Waals surface area contributed by atoms with Gasteiger partial charge in [0.2, 0.25) is 17.7 Å². The van der Waals surface area contributed by atoms with Crippen molar-refractivity contribution in [2.75, 3.05) is 13.6 Å². The zero-order chi connectivity index (χ0) is 28.6. The van der Waals surface area contributed by atoms with Gasteiger partial charge < -0.3 is 15.5 Å². The van der Waals surface area contributed by atoms with Crippen molar-refractivity contribution in [1.29, 1.82) is 0 Å². The van der Waals surface area contributed by atoms with Crippen LogP contribution in [0.15, 0.2) is 35.9 Å². The topological polar surface area (TPSA) is 81.8 Å². The van der Waals surface area contributed by atoms with Crippen LogP contribution in [0.3, 0.4) is 0 Å². The summed E-state index contributed by atoms with van der Waals surface area (Å²) in [6.45, 7) is 15.2. The fraction of sp³-hybridized carbons (Fsp3) is 0.633. The monoisotopic (exact) mass is 546 g/mol. The molecule has 0 aliphatic carbocycles. The van der Waals surface area contributed by atoms with Crippen LogP contribution >= 0.6 is 11.6 Å². The number of hydrogen-bond acceptors (Lipinski definition) is 4. The fourth-order valence-electron chi connectivity index (χ4n) is 5.03. The lowest BCUT2D eigenvalue weighted by Crippen LogP contribution is -2.58. The molecule has 0 saturated carbocycles. The molecule has 7 nitrogen and oxygen atoms in total. The van der Waals surface area contributed by atoms with E-state index < -0.39 is 6.04 Å². The smallest absolute Gasteiger partial charge is 0.246 e. The maximum absolute atomic E-state index is 13.7. The summed E-state index contributed by atoms with van der Waals surface area (Å²) in [5, 5.41) is 6.63. The van der Waals surface area contributed by atoms with E-state index in [9.17, 15) is 14.4 Å². The van der Waals surface area contributed by atoms with Crippen LogP contribution in [0.5, 0.6) is 0 Å². The van der Waals surface area contributed by atoms with Crippen LogP contribution < -0.4 is 10.6 Å². The number of likely N-dealkylation sites (N-methyl/N-ethyl adjacent to an activating group) is 1. The van der Waals surface area contributed by atoms with Crippen LogP contribution in [0, 0.1) is 11.8 Å². The largest absolute Gasteiger partial charge is 0.348 e. The Balaban J connectivity index is 2.13. The second-order valence-electron chi connectivity index (χ2n) is 11.4. The number of halogens is 1. The quantitative estimate of drug-likeness (QED) is 0.391. The molecule has 0 unspecified atom stereocenters. The fourth-order valence-corrected chi connectivity index (χ4v) is 5.25. The second kappa shape index (κ2) is 14.7. The molecule has 212 valence electrons. The van der Waals surface area contributed by atoms with Crippen LogP contribution in [0.4, 0.5) is 0 Å². The molecule has 2 rings (SSSR count). The van der Waals surface area contributed by atoms with E-state index in [1.54, 1.807) is 24.9 Å². The van der Waals surface area contributed by atoms with Gasteiger partial charge in [-0.2, -0.15) is 0 Å². The van der Waals surface area contributed by atoms with E-state index in [-0.39, 0.29) is 47.7 Å². The number of rotatable bonds is 11. The first-order chi connectivity index (χ1) is 17.8. The number of piperidine rings is 1. The highest BCUT2D eigenvalue weighted by Gasteiger charge is 2.36. The first kappa shape index (κ1) is 31.8. The first-order valence-electron chi connectivity index (χ1n) is 13.9. The number of carbonyl (C=O) groups excluding carboxylic acids is 3. The van der Waals surface area contributed by atoms with Gasteiger partial charge in [-0.05, 0) is 69.7 Å². The van der Waals surface area contributed by atoms with Crippen LogP contribution in [0.1, 0.15) is 73.3 Å². The summed E-state index contributed by atoms with van der Waals surface area (Å²) in [6, 6.07) is 6.47. The van der Waals surface area contributed by atoms with Crippen LogP contribution in [-0.4, -0.2) is 65.3 Å². The minimum atomic E-state index is -0.643. The molecule has 0 spiro atoms. The van der Waals surface area contributed by atoms with Crippen molar-refractivity contribution in [2.24, 2.45) is 11.8 Å². The molecular weight excluding hydrogens is 500 g/mol. The zero-order valence-corrected chi connectivity index (χ0v) is 25.1. The highest BCUT2D eigenvalue weighted by atomic mass is 35.5. The molecule has 3 amide bonds. The van der Waals surface area contributed by atoms with Crippen LogP contribution in [-0.2, 0) is 20.9 Å². The van der Waals surface area contributed by atoms with Crippen molar-refractivity contribution in [1.82, 2.24) is 20.4 Å². The SMILES string of the molecule is CC(=C[C@H](C(C)C)N(C)C(=O)[C@@H](NC(=O)[C@H]1CCCCN1C(C)C)C(C)C)C(=O)NCc1cccc(Cl)c1. The summed E-state index contributed by atoms with van der Waals surface area (Å²) in [5.41, 5.74) is 1.45. The second-order valence-corrected chi connectivity index (χ2v) is 11.9. The average Bonchev–Trinajstić information content (AvgIpc) is 2.87. The van der Waals surface area contributed by atoms with Crippen molar-refractivity contribution in [3.8, 4) is 0 Å². The van der Waals surface area contributed by atoms with Gasteiger partial charge in [0.15, 0.2) is 0 Å². The molecule has 1 aromatic rings. The van der Waals surface area contributed by atoms with Crippen molar-refractivity contribution >= 4 is 29.3 Å². The van der Waals surface area contributed by atoms with Crippen LogP contribution in [0.25, 0.3) is 0 Å². The van der Waals surface area contributed by atoms with Gasteiger partial charge in [0, 0.05) is 30.2 Å². The molecule has 1 aliphatic heterocycles. The van der Waals surface area contributed by atoms with E-state index in [0.29, 0.717) is 17.1 Å². The Bertz CT molecular complexity index is 991. The van der Waals surface area contributed by atoms with Crippen molar-refractivity contribution in [3.05, 3.63) is 46.5 Å². The molecule has 3 atom stereocenters. The van der Waals surface area contributed by atoms with Gasteiger partial charge in [-0.15, -0.1) is 0 Å². The summed E-state index contributed by atoms with van der Waals surface area (Å²) in [4.78, 5) is 43.8. The van der Waals surface area contributed by atoms with E-state index in [1.165, 1.54) is 0 Å². The van der Waals surface area contributed by atoms with Crippen LogP contribution in [0.2, 0.25) is 5.02 Å². The van der Waals surface area contributed by atoms with Gasteiger partial charge in [0.05, 0.1) is 12.1 Å². The third kappa shape index (κ3) is 8.84.